The van der Waals surface area contributed by atoms with E-state index < -0.39 is 11.7 Å². The quantitative estimate of drug-likeness (QED) is 0.541. The Kier molecular flexibility index (Phi) is 6.06. The van der Waals surface area contributed by atoms with Crippen LogP contribution in [0.2, 0.25) is 0 Å². The molecule has 0 radical (unpaired) electrons. The van der Waals surface area contributed by atoms with Gasteiger partial charge < -0.3 is 4.52 Å². The monoisotopic (exact) mass is 434 g/mol. The average Bonchev–Trinajstić information content (AvgIpc) is 3.24. The topological polar surface area (TPSA) is 45.4 Å². The van der Waals surface area contributed by atoms with Crippen molar-refractivity contribution in [2.24, 2.45) is 0 Å². The minimum Gasteiger partial charge on any atom is -0.337 e. The van der Waals surface area contributed by atoms with Crippen LogP contribution in [-0.4, -0.2) is 46.1 Å². The van der Waals surface area contributed by atoms with E-state index in [2.05, 4.69) is 19.9 Å². The molecule has 0 aliphatic carbocycles. The maximum absolute atomic E-state index is 13.4. The normalized spacial score (nSPS) is 17.1. The van der Waals surface area contributed by atoms with Crippen molar-refractivity contribution in [1.82, 2.24) is 19.9 Å². The molecule has 0 spiro atoms. The summed E-state index contributed by atoms with van der Waals surface area (Å²) in [4.78, 5) is 8.77. The van der Waals surface area contributed by atoms with Gasteiger partial charge in [-0.15, -0.1) is 0 Å². The summed E-state index contributed by atoms with van der Waals surface area (Å²) in [5.41, 5.74) is 0.444. The van der Waals surface area contributed by atoms with Gasteiger partial charge in [0, 0.05) is 38.3 Å². The molecule has 1 aromatic heterocycles. The highest BCUT2D eigenvalue weighted by molar-refractivity contribution is 5.55. The zero-order valence-corrected chi connectivity index (χ0v) is 16.9. The second-order valence-electron chi connectivity index (χ2n) is 7.65. The van der Waals surface area contributed by atoms with Gasteiger partial charge in [0.15, 0.2) is 0 Å². The van der Waals surface area contributed by atoms with Crippen molar-refractivity contribution in [3.05, 3.63) is 71.4 Å². The molecule has 2 heterocycles. The highest BCUT2D eigenvalue weighted by atomic mass is 19.4. The van der Waals surface area contributed by atoms with Crippen LogP contribution in [0.3, 0.4) is 0 Å². The number of nitrogens with zero attached hydrogens (tertiary/aromatic N) is 4. The summed E-state index contributed by atoms with van der Waals surface area (Å²) in [5, 5.41) is 3.88. The largest absolute Gasteiger partial charge is 0.416 e. The SMILES string of the molecule is C[C@H](c1nc(-c2cccc(C(F)(F)F)c2)no1)N1CCN(Cc2cccc(F)c2)CC1. The van der Waals surface area contributed by atoms with Gasteiger partial charge in [-0.25, -0.2) is 4.39 Å². The van der Waals surface area contributed by atoms with Crippen LogP contribution >= 0.6 is 0 Å². The van der Waals surface area contributed by atoms with Crippen LogP contribution in [0.1, 0.15) is 30.0 Å². The first-order chi connectivity index (χ1) is 14.8. The van der Waals surface area contributed by atoms with E-state index in [-0.39, 0.29) is 23.2 Å². The summed E-state index contributed by atoms with van der Waals surface area (Å²) in [6.07, 6.45) is -4.43. The molecule has 1 saturated heterocycles. The Hall–Kier alpha value is -2.78. The zero-order chi connectivity index (χ0) is 22.0. The summed E-state index contributed by atoms with van der Waals surface area (Å²) in [6.45, 7) is 5.74. The third-order valence-corrected chi connectivity index (χ3v) is 5.50. The maximum Gasteiger partial charge on any atom is 0.416 e. The summed E-state index contributed by atoms with van der Waals surface area (Å²) < 4.78 is 57.6. The molecule has 3 aromatic rings. The number of piperazine rings is 1. The number of benzene rings is 2. The third-order valence-electron chi connectivity index (χ3n) is 5.50. The highest BCUT2D eigenvalue weighted by Crippen LogP contribution is 2.32. The molecule has 5 nitrogen and oxygen atoms in total. The molecule has 31 heavy (non-hydrogen) atoms. The molecule has 0 unspecified atom stereocenters. The zero-order valence-electron chi connectivity index (χ0n) is 16.9. The van der Waals surface area contributed by atoms with Crippen LogP contribution in [-0.2, 0) is 12.7 Å². The average molecular weight is 434 g/mol. The molecule has 2 aromatic carbocycles. The molecule has 0 saturated carbocycles. The number of aromatic nitrogens is 2. The van der Waals surface area contributed by atoms with E-state index >= 15 is 0 Å². The fourth-order valence-corrected chi connectivity index (χ4v) is 3.72. The van der Waals surface area contributed by atoms with Crippen LogP contribution in [0.25, 0.3) is 11.4 Å². The van der Waals surface area contributed by atoms with Gasteiger partial charge in [0.25, 0.3) is 0 Å². The lowest BCUT2D eigenvalue weighted by Gasteiger charge is -2.36. The smallest absolute Gasteiger partial charge is 0.337 e. The Bertz CT molecular complexity index is 1030. The first-order valence-corrected chi connectivity index (χ1v) is 10.0. The van der Waals surface area contributed by atoms with E-state index in [0.717, 1.165) is 43.9 Å². The highest BCUT2D eigenvalue weighted by Gasteiger charge is 2.31. The number of halogens is 4. The van der Waals surface area contributed by atoms with Crippen molar-refractivity contribution in [2.45, 2.75) is 25.7 Å². The van der Waals surface area contributed by atoms with Crippen molar-refractivity contribution < 1.29 is 22.1 Å². The molecule has 0 amide bonds. The lowest BCUT2D eigenvalue weighted by Crippen LogP contribution is -2.46. The minimum atomic E-state index is -4.43. The van der Waals surface area contributed by atoms with Crippen LogP contribution in [0, 0.1) is 5.82 Å². The molecule has 9 heteroatoms. The standard InChI is InChI=1S/C22H22F4N4O/c1-15(30-10-8-29(9-11-30)14-16-4-2-7-19(23)12-16)21-27-20(28-31-21)17-5-3-6-18(13-17)22(24,25)26/h2-7,12-13,15H,8-11,14H2,1H3/t15-/m1/s1. The van der Waals surface area contributed by atoms with E-state index in [0.29, 0.717) is 12.4 Å². The lowest BCUT2D eigenvalue weighted by molar-refractivity contribution is -0.137. The van der Waals surface area contributed by atoms with Gasteiger partial charge in [-0.05, 0) is 36.8 Å². The lowest BCUT2D eigenvalue weighted by atomic mass is 10.1. The number of hydrogen-bond donors (Lipinski definition) is 0. The Morgan fingerprint density at radius 3 is 2.48 bits per heavy atom. The Balaban J connectivity index is 1.38. The van der Waals surface area contributed by atoms with E-state index in [1.54, 1.807) is 12.1 Å². The second-order valence-corrected chi connectivity index (χ2v) is 7.65. The maximum atomic E-state index is 13.4. The van der Waals surface area contributed by atoms with Crippen LogP contribution < -0.4 is 0 Å². The van der Waals surface area contributed by atoms with Gasteiger partial charge in [0.1, 0.15) is 5.82 Å². The number of rotatable bonds is 5. The molecule has 1 aliphatic heterocycles. The molecular weight excluding hydrogens is 412 g/mol. The first kappa shape index (κ1) is 21.5. The van der Waals surface area contributed by atoms with E-state index in [4.69, 9.17) is 4.52 Å². The number of alkyl halides is 3. The molecule has 0 bridgehead atoms. The Morgan fingerprint density at radius 2 is 1.77 bits per heavy atom. The molecule has 1 aliphatic rings. The molecule has 1 fully saturated rings. The molecular formula is C22H22F4N4O. The van der Waals surface area contributed by atoms with Crippen LogP contribution in [0.4, 0.5) is 17.6 Å². The minimum absolute atomic E-state index is 0.137. The molecule has 4 rings (SSSR count). The summed E-state index contributed by atoms with van der Waals surface area (Å²) >= 11 is 0. The summed E-state index contributed by atoms with van der Waals surface area (Å²) in [7, 11) is 0. The van der Waals surface area contributed by atoms with E-state index in [1.165, 1.54) is 18.2 Å². The van der Waals surface area contributed by atoms with E-state index in [9.17, 15) is 17.6 Å². The summed E-state index contributed by atoms with van der Waals surface area (Å²) in [6, 6.07) is 11.3. The third kappa shape index (κ3) is 5.11. The predicted octanol–water partition coefficient (Wildman–Crippen LogP) is 4.77. The van der Waals surface area contributed by atoms with Crippen molar-refractivity contribution in [1.29, 1.82) is 0 Å². The van der Waals surface area contributed by atoms with Crippen LogP contribution in [0.15, 0.2) is 53.1 Å². The van der Waals surface area contributed by atoms with Gasteiger partial charge in [0.05, 0.1) is 11.6 Å². The van der Waals surface area contributed by atoms with Gasteiger partial charge in [0.2, 0.25) is 11.7 Å². The van der Waals surface area contributed by atoms with Gasteiger partial charge in [-0.3, -0.25) is 9.80 Å². The van der Waals surface area contributed by atoms with Gasteiger partial charge in [-0.2, -0.15) is 18.2 Å². The first-order valence-electron chi connectivity index (χ1n) is 10.0. The number of hydrogen-bond acceptors (Lipinski definition) is 5. The van der Waals surface area contributed by atoms with Gasteiger partial charge >= 0.3 is 6.18 Å². The van der Waals surface area contributed by atoms with Crippen molar-refractivity contribution in [3.8, 4) is 11.4 Å². The van der Waals surface area contributed by atoms with Crippen molar-refractivity contribution >= 4 is 0 Å². The molecule has 0 N–H and O–H groups in total. The van der Waals surface area contributed by atoms with Crippen molar-refractivity contribution in [2.75, 3.05) is 26.2 Å². The molecule has 164 valence electrons. The Morgan fingerprint density at radius 1 is 1.03 bits per heavy atom. The second kappa shape index (κ2) is 8.76. The molecule has 1 atom stereocenters. The van der Waals surface area contributed by atoms with Crippen LogP contribution in [0.5, 0.6) is 0 Å². The fraction of sp³-hybridized carbons (Fsp3) is 0.364. The fourth-order valence-electron chi connectivity index (χ4n) is 3.72. The summed E-state index contributed by atoms with van der Waals surface area (Å²) in [5.74, 6) is 0.265. The Labute approximate surface area is 177 Å². The van der Waals surface area contributed by atoms with Crippen molar-refractivity contribution in [3.63, 3.8) is 0 Å². The predicted molar refractivity (Wildman–Crippen MR) is 106 cm³/mol. The van der Waals surface area contributed by atoms with Gasteiger partial charge in [-0.1, -0.05) is 29.4 Å². The van der Waals surface area contributed by atoms with E-state index in [1.807, 2.05) is 13.0 Å².